The van der Waals surface area contributed by atoms with Crippen LogP contribution in [0.2, 0.25) is 0 Å². The highest BCUT2D eigenvalue weighted by molar-refractivity contribution is 8.13. The summed E-state index contributed by atoms with van der Waals surface area (Å²) in [7, 11) is 0. The fourth-order valence-corrected chi connectivity index (χ4v) is 2.17. The fourth-order valence-electron chi connectivity index (χ4n) is 1.58. The van der Waals surface area contributed by atoms with Crippen molar-refractivity contribution in [2.24, 2.45) is 0 Å². The molecule has 18 heavy (non-hydrogen) atoms. The monoisotopic (exact) mass is 270 g/mol. The molecule has 6 N–H and O–H groups in total. The van der Waals surface area contributed by atoms with E-state index < -0.39 is 12.2 Å². The maximum Gasteiger partial charge on any atom is 0.185 e. The molecule has 0 bridgehead atoms. The third-order valence-electron chi connectivity index (χ3n) is 2.61. The number of hydrogen-bond acceptors (Lipinski definition) is 6. The number of nitrogen functional groups attached to an aromatic ring is 2. The quantitative estimate of drug-likeness (QED) is 0.603. The van der Waals surface area contributed by atoms with Gasteiger partial charge in [0.25, 0.3) is 0 Å². The van der Waals surface area contributed by atoms with Crippen LogP contribution < -0.4 is 11.5 Å². The summed E-state index contributed by atoms with van der Waals surface area (Å²) in [4.78, 5) is 10.8. The van der Waals surface area contributed by atoms with E-state index >= 15 is 0 Å². The molecule has 0 aliphatic carbocycles. The number of aliphatic hydroxyl groups excluding tert-OH is 2. The van der Waals surface area contributed by atoms with Gasteiger partial charge in [0.15, 0.2) is 5.12 Å². The Kier molecular flexibility index (Phi) is 5.01. The molecule has 2 unspecified atom stereocenters. The molecular weight excluding hydrogens is 252 g/mol. The predicted octanol–water partition coefficient (Wildman–Crippen LogP) is 0.833. The molecule has 0 aliphatic rings. The van der Waals surface area contributed by atoms with Gasteiger partial charge >= 0.3 is 0 Å². The van der Waals surface area contributed by atoms with Crippen molar-refractivity contribution in [3.05, 3.63) is 23.3 Å². The first-order valence-electron chi connectivity index (χ1n) is 5.48. The van der Waals surface area contributed by atoms with E-state index in [1.165, 1.54) is 6.92 Å². The Hall–Kier alpha value is -1.24. The van der Waals surface area contributed by atoms with Gasteiger partial charge in [-0.05, 0) is 30.2 Å². The van der Waals surface area contributed by atoms with Gasteiger partial charge in [0.1, 0.15) is 6.10 Å². The van der Waals surface area contributed by atoms with Gasteiger partial charge in [0, 0.05) is 12.7 Å². The smallest absolute Gasteiger partial charge is 0.185 e. The van der Waals surface area contributed by atoms with Crippen LogP contribution >= 0.6 is 11.8 Å². The number of nitrogens with two attached hydrogens (primary N) is 2. The second-order valence-electron chi connectivity index (χ2n) is 4.15. The van der Waals surface area contributed by atoms with Crippen LogP contribution in [0.3, 0.4) is 0 Å². The minimum absolute atomic E-state index is 0.102. The van der Waals surface area contributed by atoms with Crippen molar-refractivity contribution >= 4 is 28.3 Å². The van der Waals surface area contributed by atoms with Gasteiger partial charge < -0.3 is 21.7 Å². The lowest BCUT2D eigenvalue weighted by Gasteiger charge is -2.20. The lowest BCUT2D eigenvalue weighted by atomic mass is 9.98. The number of thioether (sulfide) groups is 1. The van der Waals surface area contributed by atoms with Crippen LogP contribution in [-0.4, -0.2) is 27.2 Å². The van der Waals surface area contributed by atoms with Crippen LogP contribution in [0.4, 0.5) is 11.4 Å². The highest BCUT2D eigenvalue weighted by Gasteiger charge is 2.21. The Morgan fingerprint density at radius 1 is 1.33 bits per heavy atom. The molecule has 0 fully saturated rings. The first-order valence-corrected chi connectivity index (χ1v) is 6.46. The third-order valence-corrected chi connectivity index (χ3v) is 3.53. The normalized spacial score (nSPS) is 14.2. The summed E-state index contributed by atoms with van der Waals surface area (Å²) in [5.41, 5.74) is 13.4. The summed E-state index contributed by atoms with van der Waals surface area (Å²) in [6, 6.07) is 3.20. The maximum atomic E-state index is 10.8. The number of anilines is 2. The van der Waals surface area contributed by atoms with Gasteiger partial charge in [-0.1, -0.05) is 11.8 Å². The van der Waals surface area contributed by atoms with Crippen molar-refractivity contribution in [3.63, 3.8) is 0 Å². The zero-order valence-electron chi connectivity index (χ0n) is 10.4. The van der Waals surface area contributed by atoms with Crippen LogP contribution in [0.25, 0.3) is 0 Å². The molecule has 1 aromatic rings. The molecule has 0 saturated carbocycles. The minimum atomic E-state index is -1.08. The minimum Gasteiger partial charge on any atom is -0.397 e. The summed E-state index contributed by atoms with van der Waals surface area (Å²) in [6.07, 6.45) is -2.11. The Morgan fingerprint density at radius 3 is 2.44 bits per heavy atom. The number of aliphatic hydroxyl groups is 2. The second kappa shape index (κ2) is 6.08. The van der Waals surface area contributed by atoms with Crippen molar-refractivity contribution in [1.82, 2.24) is 0 Å². The van der Waals surface area contributed by atoms with Gasteiger partial charge in [-0.15, -0.1) is 0 Å². The molecule has 1 rings (SSSR count). The topological polar surface area (TPSA) is 110 Å². The van der Waals surface area contributed by atoms with Crippen molar-refractivity contribution in [2.75, 3.05) is 17.2 Å². The van der Waals surface area contributed by atoms with E-state index in [1.54, 1.807) is 19.1 Å². The number of aryl methyl sites for hydroxylation is 1. The molecule has 1 aromatic carbocycles. The Bertz CT molecular complexity index is 451. The lowest BCUT2D eigenvalue weighted by Crippen LogP contribution is -2.22. The standard InChI is InChI=1S/C12H18N2O3S/c1-6-3-9(13)10(14)4-8(6)12(17)11(16)5-18-7(2)15/h3-4,11-12,16-17H,5,13-14H2,1-2H3. The van der Waals surface area contributed by atoms with Crippen LogP contribution in [0.1, 0.15) is 24.2 Å². The predicted molar refractivity (Wildman–Crippen MR) is 74.1 cm³/mol. The maximum absolute atomic E-state index is 10.8. The van der Waals surface area contributed by atoms with Crippen molar-refractivity contribution in [2.45, 2.75) is 26.1 Å². The van der Waals surface area contributed by atoms with Gasteiger partial charge in [-0.3, -0.25) is 4.79 Å². The summed E-state index contributed by atoms with van der Waals surface area (Å²) in [6.45, 7) is 3.19. The van der Waals surface area contributed by atoms with Crippen molar-refractivity contribution in [1.29, 1.82) is 0 Å². The molecular formula is C12H18N2O3S. The summed E-state index contributed by atoms with van der Waals surface area (Å²) >= 11 is 0.971. The SMILES string of the molecule is CC(=O)SCC(O)C(O)c1cc(N)c(N)cc1C. The molecule has 0 aromatic heterocycles. The summed E-state index contributed by atoms with van der Waals surface area (Å²) in [5.74, 6) is 0.139. The van der Waals surface area contributed by atoms with E-state index in [9.17, 15) is 15.0 Å². The average Bonchev–Trinajstić information content (AvgIpc) is 2.29. The molecule has 0 aliphatic heterocycles. The number of carbonyl (C=O) groups excluding carboxylic acids is 1. The number of hydrogen-bond donors (Lipinski definition) is 4. The Labute approximate surface area is 110 Å². The Balaban J connectivity index is 2.86. The van der Waals surface area contributed by atoms with Crippen molar-refractivity contribution < 1.29 is 15.0 Å². The molecule has 0 saturated heterocycles. The third kappa shape index (κ3) is 3.63. The van der Waals surface area contributed by atoms with Crippen LogP contribution in [0.5, 0.6) is 0 Å². The molecule has 0 heterocycles. The van der Waals surface area contributed by atoms with E-state index in [0.717, 1.165) is 17.3 Å². The molecule has 100 valence electrons. The zero-order chi connectivity index (χ0) is 13.9. The average molecular weight is 270 g/mol. The second-order valence-corrected chi connectivity index (χ2v) is 5.35. The number of benzene rings is 1. The zero-order valence-corrected chi connectivity index (χ0v) is 11.2. The molecule has 0 spiro atoms. The number of rotatable bonds is 4. The van der Waals surface area contributed by atoms with Crippen LogP contribution in [-0.2, 0) is 4.79 Å². The van der Waals surface area contributed by atoms with Crippen molar-refractivity contribution in [3.8, 4) is 0 Å². The van der Waals surface area contributed by atoms with Gasteiger partial charge in [-0.25, -0.2) is 0 Å². The van der Waals surface area contributed by atoms with Gasteiger partial charge in [-0.2, -0.15) is 0 Å². The Morgan fingerprint density at radius 2 is 1.89 bits per heavy atom. The van der Waals surface area contributed by atoms with Crippen LogP contribution in [0, 0.1) is 6.92 Å². The first-order chi connectivity index (χ1) is 8.32. The molecule has 5 nitrogen and oxygen atoms in total. The van der Waals surface area contributed by atoms with Gasteiger partial charge in [0.2, 0.25) is 0 Å². The molecule has 2 atom stereocenters. The lowest BCUT2D eigenvalue weighted by molar-refractivity contribution is -0.109. The van der Waals surface area contributed by atoms with Gasteiger partial charge in [0.05, 0.1) is 17.5 Å². The van der Waals surface area contributed by atoms with Crippen LogP contribution in [0.15, 0.2) is 12.1 Å². The van der Waals surface area contributed by atoms with E-state index in [-0.39, 0.29) is 10.9 Å². The van der Waals surface area contributed by atoms with E-state index in [0.29, 0.717) is 16.9 Å². The summed E-state index contributed by atoms with van der Waals surface area (Å²) in [5, 5.41) is 19.7. The largest absolute Gasteiger partial charge is 0.397 e. The summed E-state index contributed by atoms with van der Waals surface area (Å²) < 4.78 is 0. The fraction of sp³-hybridized carbons (Fsp3) is 0.417. The van der Waals surface area contributed by atoms with E-state index in [1.807, 2.05) is 0 Å². The molecule has 6 heteroatoms. The molecule has 0 amide bonds. The molecule has 0 radical (unpaired) electrons. The van der Waals surface area contributed by atoms with E-state index in [2.05, 4.69) is 0 Å². The first kappa shape index (κ1) is 14.8. The number of carbonyl (C=O) groups is 1. The highest BCUT2D eigenvalue weighted by atomic mass is 32.2. The highest BCUT2D eigenvalue weighted by Crippen LogP contribution is 2.28. The van der Waals surface area contributed by atoms with E-state index in [4.69, 9.17) is 11.5 Å².